The molecule has 4 aromatic heterocycles. The molecule has 0 aromatic carbocycles. The number of aromatic nitrogens is 7. The Balaban J connectivity index is 1.63. The van der Waals surface area contributed by atoms with Crippen molar-refractivity contribution in [1.82, 2.24) is 35.2 Å². The minimum absolute atomic E-state index is 0.0291. The van der Waals surface area contributed by atoms with Crippen LogP contribution < -0.4 is 0 Å². The number of methoxy groups -OCH3 is 1. The Morgan fingerprint density at radius 1 is 1.24 bits per heavy atom. The minimum atomic E-state index is -4.70. The van der Waals surface area contributed by atoms with Crippen LogP contribution in [0, 0.1) is 6.92 Å². The molecule has 4 aromatic rings. The van der Waals surface area contributed by atoms with E-state index in [2.05, 4.69) is 30.5 Å². The predicted octanol–water partition coefficient (Wildman–Crippen LogP) is 3.45. The summed E-state index contributed by atoms with van der Waals surface area (Å²) in [6, 6.07) is 0.895. The molecule has 0 saturated heterocycles. The number of pyridine rings is 2. The molecule has 4 heterocycles. The Hall–Kier alpha value is -3.32. The van der Waals surface area contributed by atoms with Crippen molar-refractivity contribution in [2.75, 3.05) is 7.11 Å². The highest BCUT2D eigenvalue weighted by Gasteiger charge is 2.36. The summed E-state index contributed by atoms with van der Waals surface area (Å²) in [6.07, 6.45) is -1.47. The quantitative estimate of drug-likeness (QED) is 0.398. The maximum absolute atomic E-state index is 13.6. The number of ether oxygens (including phenoxy) is 1. The van der Waals surface area contributed by atoms with Gasteiger partial charge in [0.05, 0.1) is 11.1 Å². The maximum atomic E-state index is 13.6. The van der Waals surface area contributed by atoms with Crippen LogP contribution in [-0.4, -0.2) is 48.1 Å². The van der Waals surface area contributed by atoms with Gasteiger partial charge in [-0.3, -0.25) is 4.79 Å². The first kappa shape index (κ1) is 22.9. The lowest BCUT2D eigenvalue weighted by Crippen LogP contribution is -2.16. The van der Waals surface area contributed by atoms with E-state index >= 15 is 0 Å². The summed E-state index contributed by atoms with van der Waals surface area (Å²) in [6.45, 7) is 3.71. The number of thiazole rings is 1. The Morgan fingerprint density at radius 2 is 2.03 bits per heavy atom. The fourth-order valence-electron chi connectivity index (χ4n) is 3.50. The molecule has 33 heavy (non-hydrogen) atoms. The number of tetrazole rings is 1. The van der Waals surface area contributed by atoms with Gasteiger partial charge in [0.15, 0.2) is 5.82 Å². The van der Waals surface area contributed by atoms with Gasteiger partial charge < -0.3 is 4.74 Å². The van der Waals surface area contributed by atoms with Gasteiger partial charge in [0.25, 0.3) is 0 Å². The number of ketones is 1. The summed E-state index contributed by atoms with van der Waals surface area (Å²) in [5, 5.41) is 11.0. The fourth-order valence-corrected chi connectivity index (χ4v) is 4.27. The molecular formula is C20H18F3N7O2S. The molecule has 1 atom stereocenters. The van der Waals surface area contributed by atoms with Crippen molar-refractivity contribution in [2.45, 2.75) is 39.0 Å². The van der Waals surface area contributed by atoms with E-state index < -0.39 is 17.6 Å². The van der Waals surface area contributed by atoms with Crippen molar-refractivity contribution < 1.29 is 22.7 Å². The van der Waals surface area contributed by atoms with Crippen LogP contribution in [0.2, 0.25) is 0 Å². The van der Waals surface area contributed by atoms with E-state index in [9.17, 15) is 18.0 Å². The molecule has 172 valence electrons. The lowest BCUT2D eigenvalue weighted by Gasteiger charge is -2.15. The van der Waals surface area contributed by atoms with Crippen LogP contribution >= 0.6 is 11.3 Å². The van der Waals surface area contributed by atoms with Crippen molar-refractivity contribution in [3.63, 3.8) is 0 Å². The third-order valence-electron chi connectivity index (χ3n) is 5.00. The van der Waals surface area contributed by atoms with Crippen molar-refractivity contribution in [3.05, 3.63) is 52.0 Å². The van der Waals surface area contributed by atoms with E-state index in [1.165, 1.54) is 17.5 Å². The van der Waals surface area contributed by atoms with Gasteiger partial charge in [-0.15, -0.1) is 5.10 Å². The second kappa shape index (κ2) is 8.90. The minimum Gasteiger partial charge on any atom is -0.377 e. The molecule has 0 N–H and O–H groups in total. The molecule has 9 nitrogen and oxygen atoms in total. The third kappa shape index (κ3) is 4.73. The van der Waals surface area contributed by atoms with Crippen molar-refractivity contribution in [2.24, 2.45) is 0 Å². The molecule has 0 bridgehead atoms. The molecule has 0 aliphatic carbocycles. The van der Waals surface area contributed by atoms with Crippen LogP contribution in [0.5, 0.6) is 0 Å². The average molecular weight is 477 g/mol. The molecule has 4 rings (SSSR count). The first-order chi connectivity index (χ1) is 15.7. The molecule has 0 fully saturated rings. The Labute approximate surface area is 189 Å². The van der Waals surface area contributed by atoms with Gasteiger partial charge in [0.2, 0.25) is 0 Å². The third-order valence-corrected chi connectivity index (χ3v) is 5.88. The number of Topliss-reactive ketones (excluding diaryl/α,β-unsaturated/α-hetero) is 1. The van der Waals surface area contributed by atoms with E-state index in [0.717, 1.165) is 32.5 Å². The molecule has 0 unspecified atom stereocenters. The van der Waals surface area contributed by atoms with Crippen LogP contribution in [0.15, 0.2) is 24.8 Å². The fraction of sp³-hybridized carbons (Fsp3) is 0.350. The van der Waals surface area contributed by atoms with Crippen LogP contribution in [0.3, 0.4) is 0 Å². The Morgan fingerprint density at radius 3 is 2.70 bits per heavy atom. The monoisotopic (exact) mass is 477 g/mol. The van der Waals surface area contributed by atoms with Gasteiger partial charge in [-0.25, -0.2) is 15.0 Å². The summed E-state index contributed by atoms with van der Waals surface area (Å²) in [5.41, 5.74) is 1.15. The van der Waals surface area contributed by atoms with Gasteiger partial charge in [-0.1, -0.05) is 11.3 Å². The zero-order valence-corrected chi connectivity index (χ0v) is 18.6. The van der Waals surface area contributed by atoms with E-state index in [1.54, 1.807) is 13.3 Å². The molecule has 0 aliphatic rings. The summed E-state index contributed by atoms with van der Waals surface area (Å²) in [5.74, 6) is -0.758. The molecule has 13 heteroatoms. The van der Waals surface area contributed by atoms with Crippen LogP contribution in [0.4, 0.5) is 13.2 Å². The van der Waals surface area contributed by atoms with Gasteiger partial charge in [0.1, 0.15) is 28.0 Å². The molecular weight excluding hydrogens is 459 g/mol. The topological polar surface area (TPSA) is 109 Å². The Bertz CT molecular complexity index is 1310. The van der Waals surface area contributed by atoms with Gasteiger partial charge in [-0.2, -0.15) is 17.9 Å². The zero-order valence-electron chi connectivity index (χ0n) is 17.8. The van der Waals surface area contributed by atoms with Gasteiger partial charge in [-0.05, 0) is 41.5 Å². The van der Waals surface area contributed by atoms with Crippen molar-refractivity contribution in [1.29, 1.82) is 0 Å². The first-order valence-electron chi connectivity index (χ1n) is 9.76. The summed E-state index contributed by atoms with van der Waals surface area (Å²) < 4.78 is 47.1. The first-order valence-corrected chi connectivity index (χ1v) is 10.6. The molecule has 0 spiro atoms. The van der Waals surface area contributed by atoms with Gasteiger partial charge >= 0.3 is 6.18 Å². The van der Waals surface area contributed by atoms with Crippen molar-refractivity contribution >= 4 is 27.5 Å². The molecule has 0 radical (unpaired) electrons. The van der Waals surface area contributed by atoms with Crippen LogP contribution in [0.25, 0.3) is 16.2 Å². The molecule has 0 saturated carbocycles. The average Bonchev–Trinajstić information content (AvgIpc) is 3.41. The SMILES string of the molecule is CO[C@@H](C)c1c(CC(=O)Cc2cnc(-n3cnnn3)c(C(F)(F)F)c2)cnc2sc(C)nc12. The summed E-state index contributed by atoms with van der Waals surface area (Å²) in [4.78, 5) is 26.3. The number of carbonyl (C=O) groups is 1. The van der Waals surface area contributed by atoms with E-state index in [-0.39, 0.29) is 30.3 Å². The van der Waals surface area contributed by atoms with Crippen LogP contribution in [-0.2, 0) is 28.5 Å². The van der Waals surface area contributed by atoms with E-state index in [4.69, 9.17) is 4.74 Å². The number of aryl methyl sites for hydroxylation is 1. The van der Waals surface area contributed by atoms with E-state index in [1.807, 2.05) is 13.8 Å². The molecule has 0 amide bonds. The smallest absolute Gasteiger partial charge is 0.377 e. The number of nitrogens with zero attached hydrogens (tertiary/aromatic N) is 7. The lowest BCUT2D eigenvalue weighted by atomic mass is 9.97. The number of rotatable bonds is 7. The number of hydrogen-bond donors (Lipinski definition) is 0. The zero-order chi connectivity index (χ0) is 23.8. The number of hydrogen-bond acceptors (Lipinski definition) is 9. The van der Waals surface area contributed by atoms with E-state index in [0.29, 0.717) is 11.1 Å². The second-order valence-corrected chi connectivity index (χ2v) is 8.50. The summed E-state index contributed by atoms with van der Waals surface area (Å²) in [7, 11) is 1.55. The summed E-state index contributed by atoms with van der Waals surface area (Å²) >= 11 is 1.43. The van der Waals surface area contributed by atoms with Crippen LogP contribution in [0.1, 0.15) is 40.3 Å². The number of alkyl halides is 3. The standard InChI is InChI=1S/C20H18F3N7O2S/c1-10(32-3)16-13(8-25-19-17(16)27-11(2)33-19)6-14(31)4-12-5-15(20(21,22)23)18(24-7-12)30-9-26-28-29-30/h5,7-10H,4,6H2,1-3H3/t10-/m0/s1. The lowest BCUT2D eigenvalue weighted by molar-refractivity contribution is -0.138. The second-order valence-electron chi connectivity index (χ2n) is 7.32. The normalized spacial score (nSPS) is 12.9. The molecule has 0 aliphatic heterocycles. The highest BCUT2D eigenvalue weighted by atomic mass is 32.1. The predicted molar refractivity (Wildman–Crippen MR) is 112 cm³/mol. The highest BCUT2D eigenvalue weighted by molar-refractivity contribution is 7.18. The van der Waals surface area contributed by atoms with Gasteiger partial charge in [0, 0.05) is 37.9 Å². The Kier molecular flexibility index (Phi) is 6.17. The number of fused-ring (bicyclic) bond motifs is 1. The maximum Gasteiger partial charge on any atom is 0.420 e. The van der Waals surface area contributed by atoms with Crippen molar-refractivity contribution in [3.8, 4) is 5.82 Å². The number of halogens is 3. The highest BCUT2D eigenvalue weighted by Crippen LogP contribution is 2.34. The largest absolute Gasteiger partial charge is 0.420 e. The number of carbonyl (C=O) groups excluding carboxylic acids is 1.